The van der Waals surface area contributed by atoms with E-state index in [1.807, 2.05) is 0 Å². The molecule has 1 aromatic rings. The van der Waals surface area contributed by atoms with Crippen LogP contribution < -0.4 is 5.32 Å². The second-order valence-electron chi connectivity index (χ2n) is 3.72. The molecular formula is C12H15N3O4. The van der Waals surface area contributed by atoms with Gasteiger partial charge in [-0.25, -0.2) is 0 Å². The normalized spacial score (nSPS) is 9.89. The number of hydrogen-bond donors (Lipinski definition) is 2. The number of rotatable bonds is 8. The first-order valence-corrected chi connectivity index (χ1v) is 5.80. The molecule has 0 saturated heterocycles. The summed E-state index contributed by atoms with van der Waals surface area (Å²) in [5.41, 5.74) is 0.496. The van der Waals surface area contributed by atoms with Crippen LogP contribution in [-0.4, -0.2) is 36.4 Å². The highest BCUT2D eigenvalue weighted by molar-refractivity contribution is 5.58. The first kappa shape index (κ1) is 14.9. The summed E-state index contributed by atoms with van der Waals surface area (Å²) in [7, 11) is 0. The van der Waals surface area contributed by atoms with E-state index in [1.165, 1.54) is 12.1 Å². The average molecular weight is 265 g/mol. The molecule has 0 fully saturated rings. The molecule has 102 valence electrons. The van der Waals surface area contributed by atoms with Crippen molar-refractivity contribution >= 4 is 11.4 Å². The molecule has 0 aliphatic rings. The van der Waals surface area contributed by atoms with E-state index in [1.54, 1.807) is 12.1 Å². The fourth-order valence-electron chi connectivity index (χ4n) is 1.47. The molecule has 2 N–H and O–H groups in total. The number of nitriles is 1. The maximum atomic E-state index is 10.6. The number of ether oxygens (including phenoxy) is 1. The van der Waals surface area contributed by atoms with Crippen LogP contribution in [0.2, 0.25) is 0 Å². The van der Waals surface area contributed by atoms with E-state index in [9.17, 15) is 10.1 Å². The van der Waals surface area contributed by atoms with Crippen LogP contribution in [0.1, 0.15) is 12.0 Å². The Morgan fingerprint density at radius 1 is 1.47 bits per heavy atom. The van der Waals surface area contributed by atoms with Gasteiger partial charge in [-0.1, -0.05) is 0 Å². The lowest BCUT2D eigenvalue weighted by Crippen LogP contribution is -2.07. The van der Waals surface area contributed by atoms with Gasteiger partial charge in [0.15, 0.2) is 0 Å². The molecule has 0 amide bonds. The maximum Gasteiger partial charge on any atom is 0.287 e. The van der Waals surface area contributed by atoms with E-state index in [4.69, 9.17) is 15.1 Å². The second-order valence-corrected chi connectivity index (χ2v) is 3.72. The topological polar surface area (TPSA) is 108 Å². The standard InChI is InChI=1S/C12H15N3O4/c13-9-10-8-11(2-3-12(10)15(17)18)14-4-1-6-19-7-5-16/h2-3,8,14,16H,1,4-7H2. The minimum Gasteiger partial charge on any atom is -0.394 e. The van der Waals surface area contributed by atoms with E-state index in [0.717, 1.165) is 6.42 Å². The third-order valence-corrected chi connectivity index (χ3v) is 2.34. The van der Waals surface area contributed by atoms with Crippen LogP contribution in [0.5, 0.6) is 0 Å². The largest absolute Gasteiger partial charge is 0.394 e. The summed E-state index contributed by atoms with van der Waals surface area (Å²) in [6, 6.07) is 6.12. The molecule has 7 heteroatoms. The van der Waals surface area contributed by atoms with E-state index < -0.39 is 4.92 Å². The van der Waals surface area contributed by atoms with Crippen molar-refractivity contribution in [3.63, 3.8) is 0 Å². The Labute approximate surface area is 110 Å². The highest BCUT2D eigenvalue weighted by atomic mass is 16.6. The zero-order valence-corrected chi connectivity index (χ0v) is 10.3. The zero-order valence-electron chi connectivity index (χ0n) is 10.3. The van der Waals surface area contributed by atoms with Crippen molar-refractivity contribution in [2.75, 3.05) is 31.7 Å². The van der Waals surface area contributed by atoms with Gasteiger partial charge in [0.1, 0.15) is 11.6 Å². The number of anilines is 1. The Hall–Kier alpha value is -2.17. The molecule has 0 spiro atoms. The Morgan fingerprint density at radius 3 is 2.89 bits per heavy atom. The predicted molar refractivity (Wildman–Crippen MR) is 68.8 cm³/mol. The molecule has 19 heavy (non-hydrogen) atoms. The van der Waals surface area contributed by atoms with Crippen LogP contribution in [0.4, 0.5) is 11.4 Å². The number of nitrogens with zero attached hydrogens (tertiary/aromatic N) is 2. The van der Waals surface area contributed by atoms with Crippen LogP contribution in [-0.2, 0) is 4.74 Å². The van der Waals surface area contributed by atoms with Crippen LogP contribution in [0.3, 0.4) is 0 Å². The lowest BCUT2D eigenvalue weighted by molar-refractivity contribution is -0.385. The fraction of sp³-hybridized carbons (Fsp3) is 0.417. The summed E-state index contributed by atoms with van der Waals surface area (Å²) < 4.78 is 5.08. The van der Waals surface area contributed by atoms with Gasteiger partial charge < -0.3 is 15.2 Å². The van der Waals surface area contributed by atoms with Gasteiger partial charge in [0.25, 0.3) is 5.69 Å². The first-order chi connectivity index (χ1) is 9.19. The number of nitro groups is 1. The van der Waals surface area contributed by atoms with Gasteiger partial charge in [0.2, 0.25) is 0 Å². The molecule has 1 rings (SSSR count). The highest BCUT2D eigenvalue weighted by Gasteiger charge is 2.13. The number of nitrogens with one attached hydrogen (secondary N) is 1. The lowest BCUT2D eigenvalue weighted by atomic mass is 10.1. The van der Waals surface area contributed by atoms with Gasteiger partial charge in [0.05, 0.1) is 18.1 Å². The van der Waals surface area contributed by atoms with Crippen molar-refractivity contribution in [1.82, 2.24) is 0 Å². The molecule has 0 saturated carbocycles. The smallest absolute Gasteiger partial charge is 0.287 e. The third-order valence-electron chi connectivity index (χ3n) is 2.34. The van der Waals surface area contributed by atoms with Crippen molar-refractivity contribution in [2.45, 2.75) is 6.42 Å². The molecule has 7 nitrogen and oxygen atoms in total. The van der Waals surface area contributed by atoms with Gasteiger partial charge in [0, 0.05) is 24.9 Å². The molecule has 0 aliphatic heterocycles. The monoisotopic (exact) mass is 265 g/mol. The molecule has 1 aromatic carbocycles. The predicted octanol–water partition coefficient (Wildman–Crippen LogP) is 1.28. The van der Waals surface area contributed by atoms with Gasteiger partial charge in [-0.15, -0.1) is 0 Å². The van der Waals surface area contributed by atoms with Crippen LogP contribution in [0.15, 0.2) is 18.2 Å². The number of aliphatic hydroxyl groups excluding tert-OH is 1. The summed E-state index contributed by atoms with van der Waals surface area (Å²) in [6.07, 6.45) is 0.735. The summed E-state index contributed by atoms with van der Waals surface area (Å²) in [4.78, 5) is 10.1. The molecule has 0 unspecified atom stereocenters. The Kier molecular flexibility index (Phi) is 6.29. The van der Waals surface area contributed by atoms with Gasteiger partial charge in [-0.3, -0.25) is 10.1 Å². The van der Waals surface area contributed by atoms with Gasteiger partial charge in [-0.2, -0.15) is 5.26 Å². The van der Waals surface area contributed by atoms with Gasteiger partial charge >= 0.3 is 0 Å². The second kappa shape index (κ2) is 8.02. The van der Waals surface area contributed by atoms with E-state index >= 15 is 0 Å². The molecule has 0 radical (unpaired) electrons. The average Bonchev–Trinajstić information content (AvgIpc) is 2.42. The lowest BCUT2D eigenvalue weighted by Gasteiger charge is -2.07. The molecular weight excluding hydrogens is 250 g/mol. The summed E-state index contributed by atoms with van der Waals surface area (Å²) >= 11 is 0. The van der Waals surface area contributed by atoms with E-state index in [0.29, 0.717) is 25.4 Å². The van der Waals surface area contributed by atoms with Crippen LogP contribution >= 0.6 is 0 Å². The minimum absolute atomic E-state index is 0.00130. The molecule has 0 bridgehead atoms. The van der Waals surface area contributed by atoms with Crippen LogP contribution in [0.25, 0.3) is 0 Å². The first-order valence-electron chi connectivity index (χ1n) is 5.80. The van der Waals surface area contributed by atoms with E-state index in [-0.39, 0.29) is 17.9 Å². The summed E-state index contributed by atoms with van der Waals surface area (Å²) in [5.74, 6) is 0. The molecule has 0 atom stereocenters. The number of benzene rings is 1. The Bertz CT molecular complexity index is 471. The van der Waals surface area contributed by atoms with Gasteiger partial charge in [-0.05, 0) is 18.6 Å². The van der Waals surface area contributed by atoms with Crippen molar-refractivity contribution < 1.29 is 14.8 Å². The van der Waals surface area contributed by atoms with Crippen molar-refractivity contribution in [1.29, 1.82) is 5.26 Å². The Balaban J connectivity index is 2.47. The SMILES string of the molecule is N#Cc1cc(NCCCOCCO)ccc1[N+](=O)[O-]. The zero-order chi connectivity index (χ0) is 14.1. The van der Waals surface area contributed by atoms with Crippen LogP contribution in [0, 0.1) is 21.4 Å². The summed E-state index contributed by atoms with van der Waals surface area (Å²) in [6.45, 7) is 1.46. The van der Waals surface area contributed by atoms with Crippen molar-refractivity contribution in [3.05, 3.63) is 33.9 Å². The van der Waals surface area contributed by atoms with Crippen molar-refractivity contribution in [3.8, 4) is 6.07 Å². The number of hydrogen-bond acceptors (Lipinski definition) is 6. The fourth-order valence-corrected chi connectivity index (χ4v) is 1.47. The maximum absolute atomic E-state index is 10.6. The third kappa shape index (κ3) is 4.91. The van der Waals surface area contributed by atoms with Crippen molar-refractivity contribution in [2.24, 2.45) is 0 Å². The quantitative estimate of drug-likeness (QED) is 0.416. The Morgan fingerprint density at radius 2 is 2.26 bits per heavy atom. The number of aliphatic hydroxyl groups is 1. The summed E-state index contributed by atoms with van der Waals surface area (Å²) in [5, 5.41) is 31.0. The minimum atomic E-state index is -0.578. The number of nitro benzene ring substituents is 1. The molecule has 0 heterocycles. The molecule has 0 aliphatic carbocycles. The van der Waals surface area contributed by atoms with E-state index in [2.05, 4.69) is 5.32 Å². The molecule has 0 aromatic heterocycles. The highest BCUT2D eigenvalue weighted by Crippen LogP contribution is 2.21.